The maximum atomic E-state index is 12.6. The van der Waals surface area contributed by atoms with E-state index < -0.39 is 10.0 Å². The number of ether oxygens (including phenoxy) is 1. The molecule has 1 aliphatic heterocycles. The van der Waals surface area contributed by atoms with Gasteiger partial charge in [0.1, 0.15) is 0 Å². The van der Waals surface area contributed by atoms with Crippen molar-refractivity contribution in [2.24, 2.45) is 7.05 Å². The van der Waals surface area contributed by atoms with Gasteiger partial charge in [-0.15, -0.1) is 0 Å². The molecule has 1 saturated heterocycles. The number of aryl methyl sites for hydroxylation is 2. The summed E-state index contributed by atoms with van der Waals surface area (Å²) in [6.45, 7) is 0.903. The number of aromatic nitrogens is 4. The molecule has 0 aromatic carbocycles. The van der Waals surface area contributed by atoms with Gasteiger partial charge in [0, 0.05) is 38.1 Å². The Morgan fingerprint density at radius 1 is 1.42 bits per heavy atom. The van der Waals surface area contributed by atoms with Gasteiger partial charge in [0.15, 0.2) is 5.03 Å². The van der Waals surface area contributed by atoms with Gasteiger partial charge in [-0.05, 0) is 12.8 Å². The van der Waals surface area contributed by atoms with Gasteiger partial charge in [0.2, 0.25) is 0 Å². The molecule has 0 amide bonds. The summed E-state index contributed by atoms with van der Waals surface area (Å²) in [7, 11) is -1.89. The molecule has 3 heterocycles. The lowest BCUT2D eigenvalue weighted by Gasteiger charge is -2.31. The fourth-order valence-electron chi connectivity index (χ4n) is 2.59. The zero-order valence-corrected chi connectivity index (χ0v) is 14.1. The van der Waals surface area contributed by atoms with Crippen LogP contribution in [-0.4, -0.2) is 58.0 Å². The van der Waals surface area contributed by atoms with Crippen LogP contribution >= 0.6 is 0 Å². The standard InChI is InChI=1S/C14H19N5O4S/c1-18-8-14(17-10-18)24(21,22)19-4-5-23-12(7-19)3-2-11-6-13(20)16-9-15-11/h6,8-10,12H,2-5,7H2,1H3,(H,15,16,20)/t12-/m0/s1. The van der Waals surface area contributed by atoms with E-state index in [0.717, 1.165) is 0 Å². The molecule has 0 bridgehead atoms. The Morgan fingerprint density at radius 3 is 2.96 bits per heavy atom. The number of morpholine rings is 1. The highest BCUT2D eigenvalue weighted by atomic mass is 32.2. The van der Waals surface area contributed by atoms with Gasteiger partial charge in [0.05, 0.1) is 25.4 Å². The average molecular weight is 353 g/mol. The number of nitrogens with zero attached hydrogens (tertiary/aromatic N) is 4. The van der Waals surface area contributed by atoms with Crippen LogP contribution in [-0.2, 0) is 28.2 Å². The number of H-pyrrole nitrogens is 1. The molecule has 130 valence electrons. The van der Waals surface area contributed by atoms with Crippen LogP contribution in [0.5, 0.6) is 0 Å². The molecule has 10 heteroatoms. The van der Waals surface area contributed by atoms with Crippen LogP contribution in [0.2, 0.25) is 0 Å². The molecule has 1 aliphatic rings. The van der Waals surface area contributed by atoms with Crippen LogP contribution in [0.1, 0.15) is 12.1 Å². The van der Waals surface area contributed by atoms with Crippen molar-refractivity contribution in [1.82, 2.24) is 23.8 Å². The van der Waals surface area contributed by atoms with Crippen molar-refractivity contribution in [3.63, 3.8) is 0 Å². The first kappa shape index (κ1) is 16.8. The summed E-state index contributed by atoms with van der Waals surface area (Å²) in [6.07, 6.45) is 5.20. The van der Waals surface area contributed by atoms with Crippen molar-refractivity contribution in [2.75, 3.05) is 19.7 Å². The maximum Gasteiger partial charge on any atom is 0.262 e. The van der Waals surface area contributed by atoms with Crippen LogP contribution in [0.3, 0.4) is 0 Å². The summed E-state index contributed by atoms with van der Waals surface area (Å²) in [5.41, 5.74) is 0.455. The van der Waals surface area contributed by atoms with E-state index in [2.05, 4.69) is 15.0 Å². The lowest BCUT2D eigenvalue weighted by molar-refractivity contribution is -0.00545. The minimum Gasteiger partial charge on any atom is -0.375 e. The fourth-order valence-corrected chi connectivity index (χ4v) is 4.02. The molecule has 1 atom stereocenters. The molecule has 2 aromatic rings. The Bertz CT molecular complexity index is 860. The van der Waals surface area contributed by atoms with Gasteiger partial charge in [0.25, 0.3) is 15.6 Å². The largest absolute Gasteiger partial charge is 0.375 e. The van der Waals surface area contributed by atoms with Crippen LogP contribution in [0.25, 0.3) is 0 Å². The number of nitrogens with one attached hydrogen (secondary N) is 1. The van der Waals surface area contributed by atoms with Crippen molar-refractivity contribution in [2.45, 2.75) is 24.0 Å². The molecule has 1 N–H and O–H groups in total. The Labute approximate surface area is 139 Å². The van der Waals surface area contributed by atoms with E-state index in [1.807, 2.05) is 0 Å². The van der Waals surface area contributed by atoms with Gasteiger partial charge in [-0.3, -0.25) is 4.79 Å². The van der Waals surface area contributed by atoms with E-state index in [9.17, 15) is 13.2 Å². The van der Waals surface area contributed by atoms with E-state index >= 15 is 0 Å². The lowest BCUT2D eigenvalue weighted by atomic mass is 10.1. The number of imidazole rings is 1. The van der Waals surface area contributed by atoms with Crippen LogP contribution in [0.15, 0.2) is 34.7 Å². The molecule has 0 saturated carbocycles. The molecule has 9 nitrogen and oxygen atoms in total. The first-order valence-corrected chi connectivity index (χ1v) is 9.02. The molecule has 0 spiro atoms. The molecule has 24 heavy (non-hydrogen) atoms. The molecule has 0 radical (unpaired) electrons. The first-order chi connectivity index (χ1) is 11.4. The van der Waals surface area contributed by atoms with Crippen molar-refractivity contribution in [3.8, 4) is 0 Å². The van der Waals surface area contributed by atoms with Gasteiger partial charge in [-0.1, -0.05) is 0 Å². The van der Waals surface area contributed by atoms with Crippen molar-refractivity contribution < 1.29 is 13.2 Å². The van der Waals surface area contributed by atoms with E-state index in [-0.39, 0.29) is 23.2 Å². The predicted molar refractivity (Wildman–Crippen MR) is 84.9 cm³/mol. The monoisotopic (exact) mass is 353 g/mol. The molecule has 3 rings (SSSR count). The summed E-state index contributed by atoms with van der Waals surface area (Å²) < 4.78 is 33.9. The molecule has 0 unspecified atom stereocenters. The zero-order chi connectivity index (χ0) is 17.2. The Morgan fingerprint density at radius 2 is 2.25 bits per heavy atom. The molecular weight excluding hydrogens is 334 g/mol. The Kier molecular flexibility index (Phi) is 4.78. The Balaban J connectivity index is 1.65. The summed E-state index contributed by atoms with van der Waals surface area (Å²) in [5.74, 6) is 0. The van der Waals surface area contributed by atoms with Crippen LogP contribution in [0, 0.1) is 0 Å². The second-order valence-corrected chi connectivity index (χ2v) is 7.56. The van der Waals surface area contributed by atoms with Gasteiger partial charge < -0.3 is 14.3 Å². The third kappa shape index (κ3) is 3.71. The highest BCUT2D eigenvalue weighted by Gasteiger charge is 2.32. The number of hydrogen-bond donors (Lipinski definition) is 1. The number of sulfonamides is 1. The maximum absolute atomic E-state index is 12.6. The minimum absolute atomic E-state index is 0.0434. The lowest BCUT2D eigenvalue weighted by Crippen LogP contribution is -2.45. The second kappa shape index (κ2) is 6.83. The molecule has 1 fully saturated rings. The summed E-state index contributed by atoms with van der Waals surface area (Å²) in [4.78, 5) is 21.7. The number of hydrogen-bond acceptors (Lipinski definition) is 6. The van der Waals surface area contributed by atoms with Gasteiger partial charge in [-0.2, -0.15) is 4.31 Å². The Hall–Kier alpha value is -2.04. The summed E-state index contributed by atoms with van der Waals surface area (Å²) in [5, 5.41) is 0.0434. The molecule has 2 aromatic heterocycles. The van der Waals surface area contributed by atoms with E-state index in [1.54, 1.807) is 11.6 Å². The first-order valence-electron chi connectivity index (χ1n) is 7.58. The second-order valence-electron chi connectivity index (χ2n) is 5.67. The smallest absolute Gasteiger partial charge is 0.262 e. The van der Waals surface area contributed by atoms with Crippen molar-refractivity contribution >= 4 is 10.0 Å². The van der Waals surface area contributed by atoms with E-state index in [0.29, 0.717) is 31.7 Å². The van der Waals surface area contributed by atoms with Crippen molar-refractivity contribution in [1.29, 1.82) is 0 Å². The highest BCUT2D eigenvalue weighted by Crippen LogP contribution is 2.19. The van der Waals surface area contributed by atoms with Crippen LogP contribution in [0.4, 0.5) is 0 Å². The number of aromatic amines is 1. The normalized spacial score (nSPS) is 19.5. The third-order valence-electron chi connectivity index (χ3n) is 3.84. The zero-order valence-electron chi connectivity index (χ0n) is 13.3. The summed E-state index contributed by atoms with van der Waals surface area (Å²) >= 11 is 0. The molecule has 0 aliphatic carbocycles. The number of rotatable bonds is 5. The summed E-state index contributed by atoms with van der Waals surface area (Å²) in [6, 6.07) is 1.44. The average Bonchev–Trinajstić information content (AvgIpc) is 3.01. The van der Waals surface area contributed by atoms with Gasteiger partial charge >= 0.3 is 0 Å². The van der Waals surface area contributed by atoms with Gasteiger partial charge in [-0.25, -0.2) is 18.4 Å². The fraction of sp³-hybridized carbons (Fsp3) is 0.500. The highest BCUT2D eigenvalue weighted by molar-refractivity contribution is 7.89. The van der Waals surface area contributed by atoms with Crippen molar-refractivity contribution in [3.05, 3.63) is 41.0 Å². The van der Waals surface area contributed by atoms with Crippen LogP contribution < -0.4 is 5.56 Å². The third-order valence-corrected chi connectivity index (χ3v) is 5.60. The van der Waals surface area contributed by atoms with E-state index in [1.165, 1.54) is 29.2 Å². The SMILES string of the molecule is Cn1cnc(S(=O)(=O)N2CCO[C@@H](CCc3cc(=O)[nH]cn3)C2)c1. The predicted octanol–water partition coefficient (Wildman–Crippen LogP) is -0.474. The molecular formula is C14H19N5O4S. The topological polar surface area (TPSA) is 110 Å². The minimum atomic E-state index is -3.61. The quantitative estimate of drug-likeness (QED) is 0.778. The van der Waals surface area contributed by atoms with E-state index in [4.69, 9.17) is 4.74 Å².